The minimum absolute atomic E-state index is 0.327. The van der Waals surface area contributed by atoms with Crippen molar-refractivity contribution in [2.24, 2.45) is 0 Å². The number of fused-ring (bicyclic) bond motifs is 1. The highest BCUT2D eigenvalue weighted by Crippen LogP contribution is 2.08. The van der Waals surface area contributed by atoms with E-state index in [0.29, 0.717) is 12.5 Å². The zero-order valence-corrected chi connectivity index (χ0v) is 10.2. The van der Waals surface area contributed by atoms with E-state index >= 15 is 0 Å². The van der Waals surface area contributed by atoms with E-state index in [9.17, 15) is 0 Å². The zero-order valence-electron chi connectivity index (χ0n) is 9.41. The minimum atomic E-state index is 0.327. The van der Waals surface area contributed by atoms with Crippen LogP contribution in [0.4, 0.5) is 0 Å². The lowest BCUT2D eigenvalue weighted by atomic mass is 10.3. The molecule has 4 nitrogen and oxygen atoms in total. The van der Waals surface area contributed by atoms with Crippen LogP contribution in [0.25, 0.3) is 5.65 Å². The summed E-state index contributed by atoms with van der Waals surface area (Å²) in [5, 5.41) is 8.07. The summed E-state index contributed by atoms with van der Waals surface area (Å²) in [6.45, 7) is 0.327. The van der Waals surface area contributed by atoms with Crippen LogP contribution in [0.5, 0.6) is 5.88 Å². The van der Waals surface area contributed by atoms with Gasteiger partial charge >= 0.3 is 0 Å². The Labute approximate surface area is 108 Å². The molecular weight excluding hydrogens is 246 g/mol. The Balaban J connectivity index is 1.66. The maximum atomic E-state index is 5.46. The third-order valence-corrected chi connectivity index (χ3v) is 2.96. The van der Waals surface area contributed by atoms with Crippen molar-refractivity contribution in [1.82, 2.24) is 14.6 Å². The molecule has 3 aromatic rings. The fraction of sp³-hybridized carbons (Fsp3) is 0.0769. The molecule has 5 heteroatoms. The van der Waals surface area contributed by atoms with Crippen molar-refractivity contribution in [3.05, 3.63) is 46.9 Å². The molecule has 0 unspecified atom stereocenters. The van der Waals surface area contributed by atoms with Gasteiger partial charge in [-0.15, -0.1) is 0 Å². The van der Waals surface area contributed by atoms with Gasteiger partial charge in [-0.3, -0.25) is 0 Å². The first-order chi connectivity index (χ1) is 8.92. The number of nitrogens with zero attached hydrogens (tertiary/aromatic N) is 3. The zero-order chi connectivity index (χ0) is 12.2. The van der Waals surface area contributed by atoms with Crippen LogP contribution >= 0.6 is 11.3 Å². The number of aromatic nitrogens is 3. The van der Waals surface area contributed by atoms with Gasteiger partial charge in [-0.2, -0.15) is 21.4 Å². The standard InChI is InChI=1S/C13H9N3OS/c1(2-11-5-9-18-10-11)8-17-13-4-7-16-12(15-13)3-6-14-16/h3-7,9-10H,8H2. The molecule has 0 amide bonds. The van der Waals surface area contributed by atoms with Crippen molar-refractivity contribution in [2.75, 3.05) is 6.61 Å². The molecule has 3 aromatic heterocycles. The maximum Gasteiger partial charge on any atom is 0.217 e. The van der Waals surface area contributed by atoms with Crippen molar-refractivity contribution in [3.8, 4) is 17.7 Å². The molecule has 0 aliphatic carbocycles. The molecule has 88 valence electrons. The first-order valence-electron chi connectivity index (χ1n) is 5.36. The highest BCUT2D eigenvalue weighted by Gasteiger charge is 1.97. The molecule has 0 saturated heterocycles. The molecule has 0 aromatic carbocycles. The first-order valence-corrected chi connectivity index (χ1v) is 6.30. The van der Waals surface area contributed by atoms with Gasteiger partial charge in [0.15, 0.2) is 12.3 Å². The molecule has 3 heterocycles. The first kappa shape index (κ1) is 10.8. The summed E-state index contributed by atoms with van der Waals surface area (Å²) in [4.78, 5) is 4.28. The van der Waals surface area contributed by atoms with E-state index in [1.165, 1.54) is 0 Å². The van der Waals surface area contributed by atoms with Crippen LogP contribution in [-0.2, 0) is 0 Å². The van der Waals surface area contributed by atoms with E-state index in [0.717, 1.165) is 11.2 Å². The molecule has 0 fully saturated rings. The van der Waals surface area contributed by atoms with Gasteiger partial charge in [0.1, 0.15) is 0 Å². The van der Waals surface area contributed by atoms with Crippen LogP contribution in [-0.4, -0.2) is 21.2 Å². The number of thiophene rings is 1. The SMILES string of the molecule is C(#Cc1ccsc1)COc1ccn2nccc2n1. The summed E-state index contributed by atoms with van der Waals surface area (Å²) in [6, 6.07) is 5.57. The third-order valence-electron chi connectivity index (χ3n) is 2.28. The van der Waals surface area contributed by atoms with E-state index in [1.54, 1.807) is 28.1 Å². The molecular formula is C13H9N3OS. The summed E-state index contributed by atoms with van der Waals surface area (Å²) in [6.07, 6.45) is 3.51. The lowest BCUT2D eigenvalue weighted by Crippen LogP contribution is -1.98. The Bertz CT molecular complexity index is 706. The summed E-state index contributed by atoms with van der Waals surface area (Å²) in [7, 11) is 0. The summed E-state index contributed by atoms with van der Waals surface area (Å²) < 4.78 is 7.14. The Hall–Kier alpha value is -2.32. The van der Waals surface area contributed by atoms with Gasteiger partial charge in [0.25, 0.3) is 0 Å². The molecule has 0 aliphatic heterocycles. The second-order valence-electron chi connectivity index (χ2n) is 3.50. The van der Waals surface area contributed by atoms with E-state index in [-0.39, 0.29) is 0 Å². The van der Waals surface area contributed by atoms with Crippen molar-refractivity contribution >= 4 is 17.0 Å². The van der Waals surface area contributed by atoms with Crippen LogP contribution in [0, 0.1) is 11.8 Å². The van der Waals surface area contributed by atoms with E-state index < -0.39 is 0 Å². The van der Waals surface area contributed by atoms with Crippen LogP contribution in [0.15, 0.2) is 41.4 Å². The van der Waals surface area contributed by atoms with E-state index in [1.807, 2.05) is 29.1 Å². The van der Waals surface area contributed by atoms with E-state index in [2.05, 4.69) is 21.9 Å². The summed E-state index contributed by atoms with van der Waals surface area (Å²) >= 11 is 1.63. The Morgan fingerprint density at radius 1 is 1.33 bits per heavy atom. The molecule has 3 rings (SSSR count). The largest absolute Gasteiger partial charge is 0.464 e. The molecule has 0 aliphatic rings. The lowest BCUT2D eigenvalue weighted by molar-refractivity contribution is 0.355. The van der Waals surface area contributed by atoms with Crippen LogP contribution in [0.2, 0.25) is 0 Å². The van der Waals surface area contributed by atoms with Crippen molar-refractivity contribution in [3.63, 3.8) is 0 Å². The van der Waals surface area contributed by atoms with Crippen molar-refractivity contribution in [2.45, 2.75) is 0 Å². The van der Waals surface area contributed by atoms with Gasteiger partial charge in [0, 0.05) is 29.3 Å². The summed E-state index contributed by atoms with van der Waals surface area (Å²) in [5.41, 5.74) is 1.78. The van der Waals surface area contributed by atoms with Gasteiger partial charge in [0.05, 0.1) is 6.20 Å². The quantitative estimate of drug-likeness (QED) is 0.659. The number of hydrogen-bond acceptors (Lipinski definition) is 4. The minimum Gasteiger partial charge on any atom is -0.464 e. The van der Waals surface area contributed by atoms with Crippen molar-refractivity contribution < 1.29 is 4.74 Å². The van der Waals surface area contributed by atoms with Crippen LogP contribution in [0.1, 0.15) is 5.56 Å². The lowest BCUT2D eigenvalue weighted by Gasteiger charge is -2.00. The average molecular weight is 255 g/mol. The maximum absolute atomic E-state index is 5.46. The number of rotatable bonds is 2. The predicted molar refractivity (Wildman–Crippen MR) is 69.7 cm³/mol. The fourth-order valence-electron chi connectivity index (χ4n) is 1.46. The number of hydrogen-bond donors (Lipinski definition) is 0. The second kappa shape index (κ2) is 4.90. The van der Waals surface area contributed by atoms with Gasteiger partial charge in [-0.05, 0) is 11.4 Å². The molecule has 0 atom stereocenters. The third kappa shape index (κ3) is 2.34. The van der Waals surface area contributed by atoms with Gasteiger partial charge < -0.3 is 4.74 Å². The molecule has 0 bridgehead atoms. The van der Waals surface area contributed by atoms with Crippen LogP contribution in [0.3, 0.4) is 0 Å². The monoisotopic (exact) mass is 255 g/mol. The average Bonchev–Trinajstić information content (AvgIpc) is 3.05. The molecule has 0 spiro atoms. The van der Waals surface area contributed by atoms with Gasteiger partial charge in [-0.1, -0.05) is 11.8 Å². The highest BCUT2D eigenvalue weighted by atomic mass is 32.1. The molecule has 0 radical (unpaired) electrons. The van der Waals surface area contributed by atoms with Gasteiger partial charge in [-0.25, -0.2) is 4.52 Å². The highest BCUT2D eigenvalue weighted by molar-refractivity contribution is 7.08. The topological polar surface area (TPSA) is 39.4 Å². The van der Waals surface area contributed by atoms with Crippen LogP contribution < -0.4 is 4.74 Å². The fourth-order valence-corrected chi connectivity index (χ4v) is 2.05. The Morgan fingerprint density at radius 3 is 3.22 bits per heavy atom. The molecule has 0 N–H and O–H groups in total. The van der Waals surface area contributed by atoms with Gasteiger partial charge in [0.2, 0.25) is 5.88 Å². The predicted octanol–water partition coefficient (Wildman–Crippen LogP) is 2.22. The molecule has 18 heavy (non-hydrogen) atoms. The normalized spacial score (nSPS) is 10.0. The Kier molecular flexibility index (Phi) is 2.94. The summed E-state index contributed by atoms with van der Waals surface area (Å²) in [5.74, 6) is 6.53. The second-order valence-corrected chi connectivity index (χ2v) is 4.28. The van der Waals surface area contributed by atoms with Crippen molar-refractivity contribution in [1.29, 1.82) is 0 Å². The Morgan fingerprint density at radius 2 is 2.33 bits per heavy atom. The van der Waals surface area contributed by atoms with E-state index in [4.69, 9.17) is 4.74 Å². The molecule has 0 saturated carbocycles. The smallest absolute Gasteiger partial charge is 0.217 e. The number of ether oxygens (including phenoxy) is 1.